The first-order valence-corrected chi connectivity index (χ1v) is 13.0. The fourth-order valence-electron chi connectivity index (χ4n) is 4.94. The molecule has 0 saturated carbocycles. The normalized spacial score (nSPS) is 23.6. The van der Waals surface area contributed by atoms with Crippen LogP contribution in [0.2, 0.25) is 0 Å². The lowest BCUT2D eigenvalue weighted by Crippen LogP contribution is -2.49. The molecule has 2 fully saturated rings. The van der Waals surface area contributed by atoms with E-state index in [1.165, 1.54) is 38.8 Å². The Labute approximate surface area is 193 Å². The molecule has 0 radical (unpaired) electrons. The second kappa shape index (κ2) is 12.8. The lowest BCUT2D eigenvalue weighted by Gasteiger charge is -2.43. The minimum Gasteiger partial charge on any atom is -0.295 e. The van der Waals surface area contributed by atoms with Gasteiger partial charge in [-0.3, -0.25) is 9.80 Å². The molecule has 2 rings (SSSR count). The Morgan fingerprint density at radius 2 is 0.700 bits per heavy atom. The topological polar surface area (TPSA) is 6.48 Å². The zero-order valence-electron chi connectivity index (χ0n) is 24.3. The van der Waals surface area contributed by atoms with Gasteiger partial charge in [0.2, 0.25) is 0 Å². The van der Waals surface area contributed by atoms with E-state index in [1.54, 1.807) is 0 Å². The Hall–Kier alpha value is -0.0800. The monoisotopic (exact) mass is 426 g/mol. The summed E-state index contributed by atoms with van der Waals surface area (Å²) < 4.78 is 0. The van der Waals surface area contributed by atoms with Crippen LogP contribution >= 0.6 is 0 Å². The largest absolute Gasteiger partial charge is 0.295 e. The quantitative estimate of drug-likeness (QED) is 0.382. The molecule has 0 aromatic carbocycles. The molecule has 0 bridgehead atoms. The maximum atomic E-state index is 2.67. The van der Waals surface area contributed by atoms with E-state index < -0.39 is 0 Å². The molecule has 2 nitrogen and oxygen atoms in total. The third-order valence-corrected chi connectivity index (χ3v) is 6.23. The maximum absolute atomic E-state index is 2.67. The molecule has 0 spiro atoms. The van der Waals surface area contributed by atoms with Crippen molar-refractivity contribution in [2.24, 2.45) is 10.8 Å². The number of rotatable bonds is 0. The number of hydrogen-bond donors (Lipinski definition) is 0. The van der Waals surface area contributed by atoms with E-state index in [0.717, 1.165) is 12.1 Å². The van der Waals surface area contributed by atoms with Crippen LogP contribution in [0.4, 0.5) is 0 Å². The second-order valence-electron chi connectivity index (χ2n) is 12.8. The van der Waals surface area contributed by atoms with Crippen molar-refractivity contribution in [2.75, 3.05) is 13.1 Å². The highest BCUT2D eigenvalue weighted by molar-refractivity contribution is 4.94. The zero-order valence-corrected chi connectivity index (χ0v) is 24.3. The van der Waals surface area contributed by atoms with Gasteiger partial charge >= 0.3 is 0 Å². The SMILES string of the molecule is CC.CC.CC(C)(C)C1CCCN1C(C)(C)C.CC(C)(C)C1CCCN1C(C)(C)C. The van der Waals surface area contributed by atoms with Crippen LogP contribution in [0.15, 0.2) is 0 Å². The van der Waals surface area contributed by atoms with Crippen molar-refractivity contribution in [1.82, 2.24) is 9.80 Å². The highest BCUT2D eigenvalue weighted by Gasteiger charge is 2.40. The molecule has 30 heavy (non-hydrogen) atoms. The van der Waals surface area contributed by atoms with E-state index in [4.69, 9.17) is 0 Å². The Morgan fingerprint density at radius 1 is 0.467 bits per heavy atom. The summed E-state index contributed by atoms with van der Waals surface area (Å²) in [5, 5.41) is 0. The van der Waals surface area contributed by atoms with Gasteiger partial charge in [-0.15, -0.1) is 0 Å². The third-order valence-electron chi connectivity index (χ3n) is 6.23. The Kier molecular flexibility index (Phi) is 13.7. The van der Waals surface area contributed by atoms with Gasteiger partial charge in [-0.2, -0.15) is 0 Å². The molecule has 0 N–H and O–H groups in total. The molecule has 0 aromatic heterocycles. The fraction of sp³-hybridized carbons (Fsp3) is 1.00. The van der Waals surface area contributed by atoms with E-state index in [-0.39, 0.29) is 0 Å². The van der Waals surface area contributed by atoms with Gasteiger partial charge < -0.3 is 0 Å². The van der Waals surface area contributed by atoms with Crippen LogP contribution in [-0.4, -0.2) is 46.1 Å². The molecule has 0 aromatic rings. The van der Waals surface area contributed by atoms with Crippen molar-refractivity contribution in [3.05, 3.63) is 0 Å². The second-order valence-corrected chi connectivity index (χ2v) is 12.8. The molecule has 2 saturated heterocycles. The van der Waals surface area contributed by atoms with Crippen molar-refractivity contribution in [3.63, 3.8) is 0 Å². The number of hydrogen-bond acceptors (Lipinski definition) is 2. The van der Waals surface area contributed by atoms with E-state index >= 15 is 0 Å². The van der Waals surface area contributed by atoms with E-state index in [0.29, 0.717) is 21.9 Å². The van der Waals surface area contributed by atoms with Crippen molar-refractivity contribution in [1.29, 1.82) is 0 Å². The molecule has 2 atom stereocenters. The fourth-order valence-corrected chi connectivity index (χ4v) is 4.94. The van der Waals surface area contributed by atoms with Gasteiger partial charge in [0.15, 0.2) is 0 Å². The van der Waals surface area contributed by atoms with Crippen LogP contribution in [0.5, 0.6) is 0 Å². The van der Waals surface area contributed by atoms with Crippen molar-refractivity contribution < 1.29 is 0 Å². The van der Waals surface area contributed by atoms with Gasteiger partial charge in [-0.1, -0.05) is 69.2 Å². The molecule has 2 heterocycles. The first-order chi connectivity index (χ1) is 13.5. The third kappa shape index (κ3) is 10.5. The number of nitrogens with zero attached hydrogens (tertiary/aromatic N) is 2. The molecule has 2 aliphatic rings. The molecule has 0 aliphatic carbocycles. The highest BCUT2D eigenvalue weighted by atomic mass is 15.2. The molecule has 2 heteroatoms. The standard InChI is InChI=1S/2C12H25N.2C2H6/c2*1-11(2,3)10-8-7-9-13(10)12(4,5)6;2*1-2/h2*10H,7-9H2,1-6H3;2*1-2H3. The van der Waals surface area contributed by atoms with Gasteiger partial charge in [0, 0.05) is 23.2 Å². The van der Waals surface area contributed by atoms with Crippen LogP contribution in [0, 0.1) is 10.8 Å². The minimum absolute atomic E-state index is 0.342. The molecular weight excluding hydrogens is 364 g/mol. The first-order valence-electron chi connectivity index (χ1n) is 13.0. The predicted molar refractivity (Wildman–Crippen MR) is 141 cm³/mol. The lowest BCUT2D eigenvalue weighted by atomic mass is 9.83. The smallest absolute Gasteiger partial charge is 0.0149 e. The van der Waals surface area contributed by atoms with Crippen LogP contribution < -0.4 is 0 Å². The minimum atomic E-state index is 0.342. The molecule has 2 aliphatic heterocycles. The predicted octanol–water partition coefficient (Wildman–Crippen LogP) is 8.64. The van der Waals surface area contributed by atoms with Crippen LogP contribution in [0.1, 0.15) is 136 Å². The molecule has 2 unspecified atom stereocenters. The van der Waals surface area contributed by atoms with Crippen molar-refractivity contribution in [3.8, 4) is 0 Å². The van der Waals surface area contributed by atoms with Crippen LogP contribution in [0.25, 0.3) is 0 Å². The summed E-state index contributed by atoms with van der Waals surface area (Å²) in [6.45, 7) is 38.7. The summed E-state index contributed by atoms with van der Waals surface area (Å²) in [5.74, 6) is 0. The average Bonchev–Trinajstić information content (AvgIpc) is 3.27. The Bertz CT molecular complexity index is 344. The van der Waals surface area contributed by atoms with E-state index in [9.17, 15) is 0 Å². The molecular formula is C28H62N2. The number of likely N-dealkylation sites (tertiary alicyclic amines) is 2. The lowest BCUT2D eigenvalue weighted by molar-refractivity contribution is 0.0582. The van der Waals surface area contributed by atoms with E-state index in [2.05, 4.69) is 92.9 Å². The summed E-state index contributed by atoms with van der Waals surface area (Å²) in [7, 11) is 0. The first kappa shape index (κ1) is 32.1. The van der Waals surface area contributed by atoms with Gasteiger partial charge in [-0.05, 0) is 91.1 Å². The molecule has 0 amide bonds. The zero-order chi connectivity index (χ0) is 24.6. The van der Waals surface area contributed by atoms with Crippen molar-refractivity contribution >= 4 is 0 Å². The Morgan fingerprint density at radius 3 is 0.833 bits per heavy atom. The van der Waals surface area contributed by atoms with Gasteiger partial charge in [0.1, 0.15) is 0 Å². The maximum Gasteiger partial charge on any atom is 0.0149 e. The summed E-state index contributed by atoms with van der Waals surface area (Å²) >= 11 is 0. The summed E-state index contributed by atoms with van der Waals surface area (Å²) in [6, 6.07) is 1.54. The highest BCUT2D eigenvalue weighted by Crippen LogP contribution is 2.37. The van der Waals surface area contributed by atoms with Gasteiger partial charge in [-0.25, -0.2) is 0 Å². The van der Waals surface area contributed by atoms with Gasteiger partial charge in [0.25, 0.3) is 0 Å². The molecule has 184 valence electrons. The van der Waals surface area contributed by atoms with Crippen molar-refractivity contribution in [2.45, 2.75) is 160 Å². The summed E-state index contributed by atoms with van der Waals surface area (Å²) in [5.41, 5.74) is 1.55. The Balaban J connectivity index is 0. The summed E-state index contributed by atoms with van der Waals surface area (Å²) in [6.07, 6.45) is 5.50. The summed E-state index contributed by atoms with van der Waals surface area (Å²) in [4.78, 5) is 5.35. The van der Waals surface area contributed by atoms with Crippen LogP contribution in [-0.2, 0) is 0 Å². The van der Waals surface area contributed by atoms with E-state index in [1.807, 2.05) is 27.7 Å². The average molecular weight is 427 g/mol. The van der Waals surface area contributed by atoms with Crippen LogP contribution in [0.3, 0.4) is 0 Å². The van der Waals surface area contributed by atoms with Gasteiger partial charge in [0.05, 0.1) is 0 Å².